The Labute approximate surface area is 173 Å². The van der Waals surface area contributed by atoms with Crippen molar-refractivity contribution < 1.29 is 18.7 Å². The maximum Gasteiger partial charge on any atom is 0.262 e. The van der Waals surface area contributed by atoms with Crippen molar-refractivity contribution >= 4 is 11.6 Å². The number of anilines is 1. The molecule has 0 atom stereocenters. The lowest BCUT2D eigenvalue weighted by atomic mass is 10.2. The van der Waals surface area contributed by atoms with E-state index in [-0.39, 0.29) is 12.5 Å². The van der Waals surface area contributed by atoms with E-state index < -0.39 is 0 Å². The number of nitrogens with one attached hydrogen (secondary N) is 1. The van der Waals surface area contributed by atoms with E-state index in [0.29, 0.717) is 29.0 Å². The highest BCUT2D eigenvalue weighted by Gasteiger charge is 2.11. The lowest BCUT2D eigenvalue weighted by Crippen LogP contribution is -2.20. The number of benzene rings is 3. The highest BCUT2D eigenvalue weighted by molar-refractivity contribution is 5.92. The lowest BCUT2D eigenvalue weighted by Gasteiger charge is -2.08. The average molecular weight is 401 g/mol. The fourth-order valence-electron chi connectivity index (χ4n) is 2.78. The number of aromatic nitrogens is 2. The highest BCUT2D eigenvalue weighted by atomic mass is 16.5. The normalized spacial score (nSPS) is 10.4. The van der Waals surface area contributed by atoms with E-state index in [4.69, 9.17) is 13.9 Å². The molecule has 0 unspecified atom stereocenters. The fraction of sp³-hybridized carbons (Fsp3) is 0.0870. The highest BCUT2D eigenvalue weighted by Crippen LogP contribution is 2.25. The van der Waals surface area contributed by atoms with Crippen LogP contribution in [0, 0.1) is 0 Å². The molecular formula is C23H19N3O4. The van der Waals surface area contributed by atoms with Crippen LogP contribution in [0.1, 0.15) is 0 Å². The minimum Gasteiger partial charge on any atom is -0.497 e. The number of nitrogens with zero attached hydrogens (tertiary/aromatic N) is 2. The van der Waals surface area contributed by atoms with E-state index >= 15 is 0 Å². The maximum atomic E-state index is 12.1. The quantitative estimate of drug-likeness (QED) is 0.493. The smallest absolute Gasteiger partial charge is 0.262 e. The van der Waals surface area contributed by atoms with Crippen LogP contribution in [-0.2, 0) is 4.79 Å². The summed E-state index contributed by atoms with van der Waals surface area (Å²) in [6, 6.07) is 23.8. The zero-order valence-electron chi connectivity index (χ0n) is 16.2. The third-order valence-corrected chi connectivity index (χ3v) is 4.27. The predicted molar refractivity (Wildman–Crippen MR) is 112 cm³/mol. The second-order valence-corrected chi connectivity index (χ2v) is 6.37. The van der Waals surface area contributed by atoms with Crippen LogP contribution >= 0.6 is 0 Å². The molecule has 30 heavy (non-hydrogen) atoms. The molecule has 0 saturated carbocycles. The third kappa shape index (κ3) is 4.64. The van der Waals surface area contributed by atoms with Gasteiger partial charge in [0, 0.05) is 22.9 Å². The molecular weight excluding hydrogens is 382 g/mol. The molecule has 1 aromatic heterocycles. The summed E-state index contributed by atoms with van der Waals surface area (Å²) < 4.78 is 16.4. The van der Waals surface area contributed by atoms with Crippen molar-refractivity contribution in [1.82, 2.24) is 10.2 Å². The largest absolute Gasteiger partial charge is 0.497 e. The Morgan fingerprint density at radius 2 is 1.57 bits per heavy atom. The molecule has 4 rings (SSSR count). The molecule has 3 aromatic carbocycles. The number of amides is 1. The molecule has 7 heteroatoms. The molecule has 0 fully saturated rings. The van der Waals surface area contributed by atoms with E-state index in [1.165, 1.54) is 0 Å². The van der Waals surface area contributed by atoms with Gasteiger partial charge in [0.2, 0.25) is 11.8 Å². The Balaban J connectivity index is 1.35. The first-order chi connectivity index (χ1) is 14.7. The number of hydrogen-bond donors (Lipinski definition) is 1. The Morgan fingerprint density at radius 1 is 0.867 bits per heavy atom. The number of rotatable bonds is 7. The molecule has 0 saturated heterocycles. The standard InChI is InChI=1S/C23H19N3O4/c1-28-20-9-5-8-18(14-20)24-21(27)15-29-19-12-10-17(11-13-19)23-26-25-22(30-23)16-6-3-2-4-7-16/h2-14H,15H2,1H3,(H,24,27). The maximum absolute atomic E-state index is 12.1. The lowest BCUT2D eigenvalue weighted by molar-refractivity contribution is -0.118. The van der Waals surface area contributed by atoms with E-state index in [1.807, 2.05) is 30.3 Å². The first-order valence-electron chi connectivity index (χ1n) is 9.27. The van der Waals surface area contributed by atoms with Gasteiger partial charge in [-0.15, -0.1) is 10.2 Å². The summed E-state index contributed by atoms with van der Waals surface area (Å²) in [6.45, 7) is -0.116. The van der Waals surface area contributed by atoms with Crippen molar-refractivity contribution in [2.45, 2.75) is 0 Å². The molecule has 7 nitrogen and oxygen atoms in total. The number of carbonyl (C=O) groups excluding carboxylic acids is 1. The number of ether oxygens (including phenoxy) is 2. The number of hydrogen-bond acceptors (Lipinski definition) is 6. The van der Waals surface area contributed by atoms with Crippen LogP contribution in [0.15, 0.2) is 83.3 Å². The van der Waals surface area contributed by atoms with Gasteiger partial charge in [-0.25, -0.2) is 0 Å². The third-order valence-electron chi connectivity index (χ3n) is 4.27. The first kappa shape index (κ1) is 19.2. The molecule has 150 valence electrons. The van der Waals surface area contributed by atoms with Crippen LogP contribution in [0.3, 0.4) is 0 Å². The van der Waals surface area contributed by atoms with Gasteiger partial charge in [-0.1, -0.05) is 24.3 Å². The molecule has 0 bridgehead atoms. The predicted octanol–water partition coefficient (Wildman–Crippen LogP) is 4.43. The second kappa shape index (κ2) is 8.91. The van der Waals surface area contributed by atoms with Crippen LogP contribution < -0.4 is 14.8 Å². The zero-order chi connectivity index (χ0) is 20.8. The van der Waals surface area contributed by atoms with Crippen LogP contribution in [-0.4, -0.2) is 29.8 Å². The van der Waals surface area contributed by atoms with Gasteiger partial charge in [-0.2, -0.15) is 0 Å². The van der Waals surface area contributed by atoms with Crippen LogP contribution in [0.4, 0.5) is 5.69 Å². The van der Waals surface area contributed by atoms with Crippen molar-refractivity contribution in [1.29, 1.82) is 0 Å². The Bertz CT molecular complexity index is 1120. The van der Waals surface area contributed by atoms with E-state index in [9.17, 15) is 4.79 Å². The molecule has 0 aliphatic rings. The van der Waals surface area contributed by atoms with Crippen molar-refractivity contribution in [3.63, 3.8) is 0 Å². The summed E-state index contributed by atoms with van der Waals surface area (Å²) in [5.41, 5.74) is 2.26. The molecule has 1 amide bonds. The van der Waals surface area contributed by atoms with Crippen molar-refractivity contribution in [2.24, 2.45) is 0 Å². The van der Waals surface area contributed by atoms with Gasteiger partial charge in [0.05, 0.1) is 7.11 Å². The monoisotopic (exact) mass is 401 g/mol. The molecule has 4 aromatic rings. The van der Waals surface area contributed by atoms with E-state index in [0.717, 1.165) is 11.1 Å². The van der Waals surface area contributed by atoms with Gasteiger partial charge >= 0.3 is 0 Å². The zero-order valence-corrected chi connectivity index (χ0v) is 16.2. The summed E-state index contributed by atoms with van der Waals surface area (Å²) in [5, 5.41) is 10.9. The molecule has 0 spiro atoms. The molecule has 1 N–H and O–H groups in total. The Morgan fingerprint density at radius 3 is 2.27 bits per heavy atom. The number of carbonyl (C=O) groups is 1. The molecule has 0 aliphatic carbocycles. The Kier molecular flexibility index (Phi) is 5.70. The Hall–Kier alpha value is -4.13. The minimum absolute atomic E-state index is 0.116. The second-order valence-electron chi connectivity index (χ2n) is 6.37. The average Bonchev–Trinajstić information content (AvgIpc) is 3.29. The van der Waals surface area contributed by atoms with E-state index in [2.05, 4.69) is 15.5 Å². The van der Waals surface area contributed by atoms with Gasteiger partial charge in [0.15, 0.2) is 6.61 Å². The molecule has 0 radical (unpaired) electrons. The van der Waals surface area contributed by atoms with E-state index in [1.54, 1.807) is 55.6 Å². The van der Waals surface area contributed by atoms with Gasteiger partial charge in [-0.05, 0) is 48.5 Å². The van der Waals surface area contributed by atoms with Crippen molar-refractivity contribution in [3.05, 3.63) is 78.9 Å². The SMILES string of the molecule is COc1cccc(NC(=O)COc2ccc(-c3nnc(-c4ccccc4)o3)cc2)c1. The van der Waals surface area contributed by atoms with Gasteiger partial charge in [-0.3, -0.25) is 4.79 Å². The van der Waals surface area contributed by atoms with Crippen LogP contribution in [0.2, 0.25) is 0 Å². The van der Waals surface area contributed by atoms with Crippen LogP contribution in [0.5, 0.6) is 11.5 Å². The first-order valence-corrected chi connectivity index (χ1v) is 9.27. The van der Waals surface area contributed by atoms with Crippen molar-refractivity contribution in [3.8, 4) is 34.4 Å². The summed E-state index contributed by atoms with van der Waals surface area (Å²) in [6.07, 6.45) is 0. The minimum atomic E-state index is -0.267. The van der Waals surface area contributed by atoms with Gasteiger partial charge in [0.1, 0.15) is 11.5 Å². The fourth-order valence-corrected chi connectivity index (χ4v) is 2.78. The topological polar surface area (TPSA) is 86.5 Å². The summed E-state index contributed by atoms with van der Waals surface area (Å²) >= 11 is 0. The summed E-state index contributed by atoms with van der Waals surface area (Å²) in [7, 11) is 1.57. The van der Waals surface area contributed by atoms with Crippen molar-refractivity contribution in [2.75, 3.05) is 19.0 Å². The summed E-state index contributed by atoms with van der Waals surface area (Å²) in [4.78, 5) is 12.1. The van der Waals surface area contributed by atoms with Crippen LogP contribution in [0.25, 0.3) is 22.9 Å². The van der Waals surface area contributed by atoms with Gasteiger partial charge in [0.25, 0.3) is 5.91 Å². The molecule has 1 heterocycles. The summed E-state index contributed by atoms with van der Waals surface area (Å²) in [5.74, 6) is 1.83. The number of methoxy groups -OCH3 is 1. The molecule has 0 aliphatic heterocycles. The van der Waals surface area contributed by atoms with Gasteiger partial charge < -0.3 is 19.2 Å².